The Kier molecular flexibility index (Phi) is 6.18. The summed E-state index contributed by atoms with van der Waals surface area (Å²) < 4.78 is 5.67. The SMILES string of the molecule is CCOc1ccccc1CN(C)Cc1ccc(C(=O)NC)cc1. The number of carbonyl (C=O) groups is 1. The number of ether oxygens (including phenoxy) is 1. The summed E-state index contributed by atoms with van der Waals surface area (Å²) in [6.07, 6.45) is 0. The van der Waals surface area contributed by atoms with Crippen molar-refractivity contribution in [2.75, 3.05) is 20.7 Å². The Hall–Kier alpha value is -2.33. The van der Waals surface area contributed by atoms with Crippen LogP contribution in [0.4, 0.5) is 0 Å². The van der Waals surface area contributed by atoms with Crippen LogP contribution in [0.2, 0.25) is 0 Å². The van der Waals surface area contributed by atoms with E-state index in [1.165, 1.54) is 11.1 Å². The molecule has 0 atom stereocenters. The highest BCUT2D eigenvalue weighted by atomic mass is 16.5. The van der Waals surface area contributed by atoms with Gasteiger partial charge in [0.15, 0.2) is 0 Å². The minimum Gasteiger partial charge on any atom is -0.494 e. The van der Waals surface area contributed by atoms with E-state index >= 15 is 0 Å². The fraction of sp³-hybridized carbons (Fsp3) is 0.316. The lowest BCUT2D eigenvalue weighted by atomic mass is 10.1. The zero-order valence-corrected chi connectivity index (χ0v) is 14.0. The molecule has 23 heavy (non-hydrogen) atoms. The van der Waals surface area contributed by atoms with Crippen LogP contribution in [-0.4, -0.2) is 31.5 Å². The summed E-state index contributed by atoms with van der Waals surface area (Å²) >= 11 is 0. The van der Waals surface area contributed by atoms with Crippen LogP contribution in [-0.2, 0) is 13.1 Å². The van der Waals surface area contributed by atoms with Crippen LogP contribution in [0.1, 0.15) is 28.4 Å². The first-order valence-electron chi connectivity index (χ1n) is 7.84. The molecule has 122 valence electrons. The first-order valence-corrected chi connectivity index (χ1v) is 7.84. The monoisotopic (exact) mass is 312 g/mol. The summed E-state index contributed by atoms with van der Waals surface area (Å²) in [6.45, 7) is 4.29. The molecule has 1 amide bonds. The molecule has 1 N–H and O–H groups in total. The van der Waals surface area contributed by atoms with Crippen molar-refractivity contribution in [3.63, 3.8) is 0 Å². The summed E-state index contributed by atoms with van der Waals surface area (Å²) in [4.78, 5) is 13.8. The topological polar surface area (TPSA) is 41.6 Å². The number of hydrogen-bond acceptors (Lipinski definition) is 3. The van der Waals surface area contributed by atoms with E-state index < -0.39 is 0 Å². The van der Waals surface area contributed by atoms with Crippen molar-refractivity contribution in [1.82, 2.24) is 10.2 Å². The minimum atomic E-state index is -0.0597. The van der Waals surface area contributed by atoms with E-state index in [0.29, 0.717) is 12.2 Å². The van der Waals surface area contributed by atoms with Crippen LogP contribution in [0.5, 0.6) is 5.75 Å². The number of hydrogen-bond donors (Lipinski definition) is 1. The number of benzene rings is 2. The molecule has 0 bridgehead atoms. The zero-order chi connectivity index (χ0) is 16.7. The smallest absolute Gasteiger partial charge is 0.251 e. The molecule has 0 unspecified atom stereocenters. The van der Waals surface area contributed by atoms with Crippen LogP contribution in [0.15, 0.2) is 48.5 Å². The van der Waals surface area contributed by atoms with Crippen LogP contribution in [0.25, 0.3) is 0 Å². The lowest BCUT2D eigenvalue weighted by Crippen LogP contribution is -2.19. The van der Waals surface area contributed by atoms with Gasteiger partial charge in [-0.15, -0.1) is 0 Å². The average Bonchev–Trinajstić information content (AvgIpc) is 2.57. The molecule has 0 aliphatic rings. The van der Waals surface area contributed by atoms with Gasteiger partial charge in [0, 0.05) is 31.3 Å². The fourth-order valence-corrected chi connectivity index (χ4v) is 2.50. The van der Waals surface area contributed by atoms with E-state index in [-0.39, 0.29) is 5.91 Å². The predicted molar refractivity (Wildman–Crippen MR) is 92.6 cm³/mol. The van der Waals surface area contributed by atoms with Crippen molar-refractivity contribution in [2.45, 2.75) is 20.0 Å². The molecule has 0 saturated carbocycles. The summed E-state index contributed by atoms with van der Waals surface area (Å²) in [5.74, 6) is 0.882. The van der Waals surface area contributed by atoms with Gasteiger partial charge in [0.25, 0.3) is 5.91 Å². The van der Waals surface area contributed by atoms with Crippen molar-refractivity contribution in [1.29, 1.82) is 0 Å². The molecule has 0 aromatic heterocycles. The van der Waals surface area contributed by atoms with Gasteiger partial charge in [-0.2, -0.15) is 0 Å². The van der Waals surface area contributed by atoms with E-state index in [2.05, 4.69) is 23.3 Å². The van der Waals surface area contributed by atoms with Gasteiger partial charge in [-0.25, -0.2) is 0 Å². The second-order valence-electron chi connectivity index (χ2n) is 5.49. The van der Waals surface area contributed by atoms with E-state index in [9.17, 15) is 4.79 Å². The molecule has 0 heterocycles. The first kappa shape index (κ1) is 17.0. The van der Waals surface area contributed by atoms with Gasteiger partial charge in [-0.3, -0.25) is 9.69 Å². The molecule has 0 saturated heterocycles. The quantitative estimate of drug-likeness (QED) is 0.854. The zero-order valence-electron chi connectivity index (χ0n) is 14.0. The Morgan fingerprint density at radius 2 is 1.78 bits per heavy atom. The van der Waals surface area contributed by atoms with Crippen LogP contribution in [0.3, 0.4) is 0 Å². The number of para-hydroxylation sites is 1. The summed E-state index contributed by atoms with van der Waals surface area (Å²) in [5, 5.41) is 2.63. The highest BCUT2D eigenvalue weighted by molar-refractivity contribution is 5.93. The van der Waals surface area contributed by atoms with Gasteiger partial charge < -0.3 is 10.1 Å². The van der Waals surface area contributed by atoms with Gasteiger partial charge in [0.2, 0.25) is 0 Å². The Bertz CT molecular complexity index is 638. The van der Waals surface area contributed by atoms with Gasteiger partial charge >= 0.3 is 0 Å². The van der Waals surface area contributed by atoms with E-state index in [4.69, 9.17) is 4.74 Å². The highest BCUT2D eigenvalue weighted by Gasteiger charge is 2.08. The molecule has 2 aromatic carbocycles. The summed E-state index contributed by atoms with van der Waals surface area (Å²) in [5.41, 5.74) is 3.04. The molecule has 0 aliphatic carbocycles. The third kappa shape index (κ3) is 4.83. The molecule has 0 radical (unpaired) electrons. The Morgan fingerprint density at radius 1 is 1.09 bits per heavy atom. The lowest BCUT2D eigenvalue weighted by molar-refractivity contribution is 0.0963. The van der Waals surface area contributed by atoms with Crippen LogP contribution >= 0.6 is 0 Å². The molecule has 2 aromatic rings. The van der Waals surface area contributed by atoms with Crippen molar-refractivity contribution in [3.05, 3.63) is 65.2 Å². The maximum absolute atomic E-state index is 11.6. The number of amides is 1. The first-order chi connectivity index (χ1) is 11.1. The molecule has 4 nitrogen and oxygen atoms in total. The summed E-state index contributed by atoms with van der Waals surface area (Å²) in [6, 6.07) is 15.8. The van der Waals surface area contributed by atoms with Gasteiger partial charge in [-0.1, -0.05) is 30.3 Å². The Balaban J connectivity index is 1.99. The predicted octanol–water partition coefficient (Wildman–Crippen LogP) is 3.08. The van der Waals surface area contributed by atoms with Crippen LogP contribution < -0.4 is 10.1 Å². The maximum atomic E-state index is 11.6. The molecule has 2 rings (SSSR count). The number of nitrogens with one attached hydrogen (secondary N) is 1. The molecule has 0 aliphatic heterocycles. The number of carbonyl (C=O) groups excluding carboxylic acids is 1. The molecular formula is C19H24N2O2. The third-order valence-electron chi connectivity index (χ3n) is 3.61. The molecule has 0 fully saturated rings. The normalized spacial score (nSPS) is 10.6. The minimum absolute atomic E-state index is 0.0597. The average molecular weight is 312 g/mol. The standard InChI is InChI=1S/C19H24N2O2/c1-4-23-18-8-6-5-7-17(18)14-21(3)13-15-9-11-16(12-10-15)19(22)20-2/h5-12H,4,13-14H2,1-3H3,(H,20,22). The van der Waals surface area contributed by atoms with Crippen molar-refractivity contribution >= 4 is 5.91 Å². The summed E-state index contributed by atoms with van der Waals surface area (Å²) in [7, 11) is 3.72. The fourth-order valence-electron chi connectivity index (χ4n) is 2.50. The Labute approximate surface area is 138 Å². The third-order valence-corrected chi connectivity index (χ3v) is 3.61. The van der Waals surface area contributed by atoms with Crippen molar-refractivity contribution < 1.29 is 9.53 Å². The highest BCUT2D eigenvalue weighted by Crippen LogP contribution is 2.20. The van der Waals surface area contributed by atoms with E-state index in [1.807, 2.05) is 49.4 Å². The van der Waals surface area contributed by atoms with Gasteiger partial charge in [0.05, 0.1) is 6.61 Å². The number of nitrogens with zero attached hydrogens (tertiary/aromatic N) is 1. The molecular weight excluding hydrogens is 288 g/mol. The van der Waals surface area contributed by atoms with Crippen molar-refractivity contribution in [2.24, 2.45) is 0 Å². The van der Waals surface area contributed by atoms with Gasteiger partial charge in [0.1, 0.15) is 5.75 Å². The lowest BCUT2D eigenvalue weighted by Gasteiger charge is -2.19. The van der Waals surface area contributed by atoms with E-state index in [0.717, 1.165) is 18.8 Å². The number of rotatable bonds is 7. The van der Waals surface area contributed by atoms with Crippen molar-refractivity contribution in [3.8, 4) is 5.75 Å². The molecule has 0 spiro atoms. The second kappa shape index (κ2) is 8.34. The second-order valence-corrected chi connectivity index (χ2v) is 5.49. The molecule has 4 heteroatoms. The maximum Gasteiger partial charge on any atom is 0.251 e. The van der Waals surface area contributed by atoms with Crippen LogP contribution in [0, 0.1) is 0 Å². The van der Waals surface area contributed by atoms with Gasteiger partial charge in [-0.05, 0) is 37.7 Å². The largest absolute Gasteiger partial charge is 0.494 e. The van der Waals surface area contributed by atoms with E-state index in [1.54, 1.807) is 7.05 Å². The Morgan fingerprint density at radius 3 is 2.43 bits per heavy atom.